The van der Waals surface area contributed by atoms with Crippen molar-refractivity contribution in [3.63, 3.8) is 0 Å². The van der Waals surface area contributed by atoms with Gasteiger partial charge in [-0.2, -0.15) is 5.10 Å². The Bertz CT molecular complexity index is 1200. The predicted octanol–water partition coefficient (Wildman–Crippen LogP) is 3.39. The zero-order chi connectivity index (χ0) is 19.1. The monoisotopic (exact) mass is 361 g/mol. The SMILES string of the molecule is COc1ccc2cc(NC(=O)c3cc(C)nc4c3c(C)nn4C)cnc2c1. The van der Waals surface area contributed by atoms with Crippen LogP contribution in [0.25, 0.3) is 21.9 Å². The molecule has 3 aromatic heterocycles. The molecule has 4 rings (SSSR count). The first-order valence-electron chi connectivity index (χ1n) is 8.52. The number of amides is 1. The molecule has 7 heteroatoms. The van der Waals surface area contributed by atoms with Crippen molar-refractivity contribution in [3.05, 3.63) is 53.5 Å². The van der Waals surface area contributed by atoms with Gasteiger partial charge in [-0.3, -0.25) is 14.5 Å². The maximum atomic E-state index is 13.0. The fraction of sp³-hybridized carbons (Fsp3) is 0.200. The topological polar surface area (TPSA) is 81.9 Å². The lowest BCUT2D eigenvalue weighted by Gasteiger charge is -2.09. The Hall–Kier alpha value is -3.48. The number of rotatable bonds is 3. The second kappa shape index (κ2) is 6.35. The van der Waals surface area contributed by atoms with Crippen molar-refractivity contribution in [2.24, 2.45) is 7.05 Å². The fourth-order valence-electron chi connectivity index (χ4n) is 3.24. The number of anilines is 1. The van der Waals surface area contributed by atoms with E-state index >= 15 is 0 Å². The van der Waals surface area contributed by atoms with E-state index in [9.17, 15) is 4.79 Å². The Morgan fingerprint density at radius 2 is 2.00 bits per heavy atom. The fourth-order valence-corrected chi connectivity index (χ4v) is 3.24. The molecule has 0 atom stereocenters. The van der Waals surface area contributed by atoms with Crippen molar-refractivity contribution in [2.75, 3.05) is 12.4 Å². The van der Waals surface area contributed by atoms with Crippen LogP contribution in [-0.4, -0.2) is 32.8 Å². The molecule has 0 aliphatic rings. The average molecular weight is 361 g/mol. The number of hydrogen-bond acceptors (Lipinski definition) is 5. The van der Waals surface area contributed by atoms with Crippen LogP contribution < -0.4 is 10.1 Å². The number of fused-ring (bicyclic) bond motifs is 2. The molecule has 0 aliphatic carbocycles. The molecule has 4 aromatic rings. The highest BCUT2D eigenvalue weighted by Gasteiger charge is 2.18. The van der Waals surface area contributed by atoms with Gasteiger partial charge < -0.3 is 10.1 Å². The second-order valence-corrected chi connectivity index (χ2v) is 6.46. The Morgan fingerprint density at radius 1 is 1.19 bits per heavy atom. The Morgan fingerprint density at radius 3 is 2.78 bits per heavy atom. The normalized spacial score (nSPS) is 11.1. The number of carbonyl (C=O) groups is 1. The molecule has 0 fully saturated rings. The van der Waals surface area contributed by atoms with Crippen LogP contribution in [0, 0.1) is 13.8 Å². The van der Waals surface area contributed by atoms with Crippen LogP contribution in [0.3, 0.4) is 0 Å². The summed E-state index contributed by atoms with van der Waals surface area (Å²) in [4.78, 5) is 21.9. The minimum atomic E-state index is -0.212. The van der Waals surface area contributed by atoms with E-state index in [0.717, 1.165) is 33.4 Å². The molecule has 0 radical (unpaired) electrons. The minimum absolute atomic E-state index is 0.212. The van der Waals surface area contributed by atoms with Crippen LogP contribution in [0.5, 0.6) is 5.75 Å². The van der Waals surface area contributed by atoms with E-state index in [0.29, 0.717) is 16.9 Å². The summed E-state index contributed by atoms with van der Waals surface area (Å²) >= 11 is 0. The molecule has 0 unspecified atom stereocenters. The highest BCUT2D eigenvalue weighted by atomic mass is 16.5. The van der Waals surface area contributed by atoms with Gasteiger partial charge in [-0.05, 0) is 38.1 Å². The molecular formula is C20H19N5O2. The number of pyridine rings is 2. The number of nitrogens with one attached hydrogen (secondary N) is 1. The summed E-state index contributed by atoms with van der Waals surface area (Å²) in [6, 6.07) is 9.31. The Balaban J connectivity index is 1.72. The molecule has 3 heterocycles. The van der Waals surface area contributed by atoms with Gasteiger partial charge in [0.05, 0.1) is 41.2 Å². The average Bonchev–Trinajstić information content (AvgIpc) is 2.94. The van der Waals surface area contributed by atoms with E-state index in [1.807, 2.05) is 45.2 Å². The van der Waals surface area contributed by atoms with Crippen molar-refractivity contribution >= 4 is 33.5 Å². The van der Waals surface area contributed by atoms with Gasteiger partial charge in [0, 0.05) is 24.2 Å². The summed E-state index contributed by atoms with van der Waals surface area (Å²) in [6.45, 7) is 3.74. The lowest BCUT2D eigenvalue weighted by Crippen LogP contribution is -2.13. The van der Waals surface area contributed by atoms with Crippen molar-refractivity contribution in [3.8, 4) is 5.75 Å². The molecule has 1 amide bonds. The van der Waals surface area contributed by atoms with Gasteiger partial charge in [-0.1, -0.05) is 0 Å². The quantitative estimate of drug-likeness (QED) is 0.605. The molecule has 0 spiro atoms. The van der Waals surface area contributed by atoms with E-state index in [1.54, 1.807) is 24.1 Å². The summed E-state index contributed by atoms with van der Waals surface area (Å²) in [5.41, 5.74) is 4.21. The number of aromatic nitrogens is 4. The second-order valence-electron chi connectivity index (χ2n) is 6.46. The first-order chi connectivity index (χ1) is 13.0. The van der Waals surface area contributed by atoms with Gasteiger partial charge in [0.1, 0.15) is 5.75 Å². The summed E-state index contributed by atoms with van der Waals surface area (Å²) in [6.07, 6.45) is 1.64. The van der Waals surface area contributed by atoms with Crippen molar-refractivity contribution in [1.29, 1.82) is 0 Å². The Labute approximate surface area is 156 Å². The highest BCUT2D eigenvalue weighted by Crippen LogP contribution is 2.24. The molecule has 0 saturated heterocycles. The Kier molecular flexibility index (Phi) is 3.99. The molecule has 136 valence electrons. The molecule has 0 bridgehead atoms. The van der Waals surface area contributed by atoms with E-state index in [-0.39, 0.29) is 5.91 Å². The van der Waals surface area contributed by atoms with Gasteiger partial charge >= 0.3 is 0 Å². The van der Waals surface area contributed by atoms with Crippen LogP contribution in [0.15, 0.2) is 36.5 Å². The highest BCUT2D eigenvalue weighted by molar-refractivity contribution is 6.13. The largest absolute Gasteiger partial charge is 0.497 e. The maximum Gasteiger partial charge on any atom is 0.256 e. The molecular weight excluding hydrogens is 342 g/mol. The lowest BCUT2D eigenvalue weighted by molar-refractivity contribution is 0.102. The van der Waals surface area contributed by atoms with Crippen molar-refractivity contribution in [1.82, 2.24) is 19.7 Å². The summed E-state index contributed by atoms with van der Waals surface area (Å²) in [5.74, 6) is 0.532. The van der Waals surface area contributed by atoms with Crippen LogP contribution in [0.2, 0.25) is 0 Å². The number of hydrogen-bond donors (Lipinski definition) is 1. The zero-order valence-corrected chi connectivity index (χ0v) is 15.6. The summed E-state index contributed by atoms with van der Waals surface area (Å²) in [5, 5.41) is 9.01. The minimum Gasteiger partial charge on any atom is -0.497 e. The van der Waals surface area contributed by atoms with E-state index in [1.165, 1.54) is 0 Å². The van der Waals surface area contributed by atoms with Crippen molar-refractivity contribution in [2.45, 2.75) is 13.8 Å². The number of benzene rings is 1. The third-order valence-corrected chi connectivity index (χ3v) is 4.49. The lowest BCUT2D eigenvalue weighted by atomic mass is 10.1. The molecule has 0 aliphatic heterocycles. The standard InChI is InChI=1S/C20H19N5O2/c1-11-7-16(18-12(2)24-25(3)19(18)22-11)20(26)23-14-8-13-5-6-15(27-4)9-17(13)21-10-14/h5-10H,1-4H3,(H,23,26). The molecule has 7 nitrogen and oxygen atoms in total. The van der Waals surface area contributed by atoms with E-state index < -0.39 is 0 Å². The maximum absolute atomic E-state index is 13.0. The zero-order valence-electron chi connectivity index (χ0n) is 15.6. The predicted molar refractivity (Wildman–Crippen MR) is 104 cm³/mol. The number of methoxy groups -OCH3 is 1. The van der Waals surface area contributed by atoms with Gasteiger partial charge in [0.2, 0.25) is 0 Å². The molecule has 1 N–H and O–H groups in total. The van der Waals surface area contributed by atoms with Crippen LogP contribution in [0.4, 0.5) is 5.69 Å². The number of ether oxygens (including phenoxy) is 1. The van der Waals surface area contributed by atoms with E-state index in [4.69, 9.17) is 4.74 Å². The number of carbonyl (C=O) groups excluding carboxylic acids is 1. The summed E-state index contributed by atoms with van der Waals surface area (Å²) < 4.78 is 6.91. The summed E-state index contributed by atoms with van der Waals surface area (Å²) in [7, 11) is 3.44. The first-order valence-corrected chi connectivity index (χ1v) is 8.52. The van der Waals surface area contributed by atoms with Gasteiger partial charge in [0.25, 0.3) is 5.91 Å². The van der Waals surface area contributed by atoms with Crippen LogP contribution in [-0.2, 0) is 7.05 Å². The number of aryl methyl sites for hydroxylation is 3. The first kappa shape index (κ1) is 17.0. The van der Waals surface area contributed by atoms with Crippen LogP contribution >= 0.6 is 0 Å². The third kappa shape index (κ3) is 2.97. The smallest absolute Gasteiger partial charge is 0.256 e. The third-order valence-electron chi connectivity index (χ3n) is 4.49. The van der Waals surface area contributed by atoms with E-state index in [2.05, 4.69) is 20.4 Å². The molecule has 27 heavy (non-hydrogen) atoms. The molecule has 0 saturated carbocycles. The van der Waals surface area contributed by atoms with Crippen molar-refractivity contribution < 1.29 is 9.53 Å². The van der Waals surface area contributed by atoms with Gasteiger partial charge in [-0.15, -0.1) is 0 Å². The van der Waals surface area contributed by atoms with Gasteiger partial charge in [0.15, 0.2) is 5.65 Å². The van der Waals surface area contributed by atoms with Gasteiger partial charge in [-0.25, -0.2) is 4.98 Å². The van der Waals surface area contributed by atoms with Crippen LogP contribution in [0.1, 0.15) is 21.7 Å². The molecule has 1 aromatic carbocycles. The number of nitrogens with zero attached hydrogens (tertiary/aromatic N) is 4.